The van der Waals surface area contributed by atoms with E-state index in [-0.39, 0.29) is 12.4 Å². The second-order valence-corrected chi connectivity index (χ2v) is 5.97. The molecule has 0 aromatic carbocycles. The molecule has 5 heteroatoms. The van der Waals surface area contributed by atoms with Crippen LogP contribution < -0.4 is 5.32 Å². The highest BCUT2D eigenvalue weighted by Crippen LogP contribution is 2.12. The molecule has 24 heavy (non-hydrogen) atoms. The van der Waals surface area contributed by atoms with Gasteiger partial charge in [0, 0.05) is 19.0 Å². The maximum absolute atomic E-state index is 11.7. The Bertz CT molecular complexity index is 466. The molecular formula is C19H29NO4. The van der Waals surface area contributed by atoms with E-state index in [1.54, 1.807) is 12.3 Å². The van der Waals surface area contributed by atoms with Crippen molar-refractivity contribution in [2.24, 2.45) is 0 Å². The van der Waals surface area contributed by atoms with Crippen molar-refractivity contribution >= 4 is 11.9 Å². The summed E-state index contributed by atoms with van der Waals surface area (Å²) in [5.74, 6) is -0.434. The molecule has 0 radical (unpaired) electrons. The van der Waals surface area contributed by atoms with Crippen molar-refractivity contribution in [3.63, 3.8) is 0 Å². The smallest absolute Gasteiger partial charge is 0.312 e. The molecule has 0 saturated heterocycles. The van der Waals surface area contributed by atoms with Gasteiger partial charge in [-0.1, -0.05) is 57.1 Å². The van der Waals surface area contributed by atoms with Crippen LogP contribution in [0.25, 0.3) is 0 Å². The van der Waals surface area contributed by atoms with Crippen LogP contribution >= 0.6 is 0 Å². The number of rotatable bonds is 13. The first kappa shape index (κ1) is 20.0. The van der Waals surface area contributed by atoms with Crippen LogP contribution in [-0.2, 0) is 14.3 Å². The summed E-state index contributed by atoms with van der Waals surface area (Å²) in [5, 5.41) is 11.4. The Labute approximate surface area is 144 Å². The molecule has 0 spiro atoms. The predicted octanol–water partition coefficient (Wildman–Crippen LogP) is 4.42. The fraction of sp³-hybridized carbons (Fsp3) is 0.579. The minimum atomic E-state index is -0.701. The summed E-state index contributed by atoms with van der Waals surface area (Å²) in [6.07, 6.45) is 19.2. The maximum Gasteiger partial charge on any atom is 0.312 e. The average Bonchev–Trinajstić information content (AvgIpc) is 2.81. The lowest BCUT2D eigenvalue weighted by Gasteiger charge is -2.07. The van der Waals surface area contributed by atoms with Crippen LogP contribution in [-0.4, -0.2) is 17.0 Å². The monoisotopic (exact) mass is 335 g/mol. The van der Waals surface area contributed by atoms with Crippen LogP contribution in [0.2, 0.25) is 0 Å². The van der Waals surface area contributed by atoms with Crippen LogP contribution in [0.1, 0.15) is 70.6 Å². The second kappa shape index (κ2) is 13.4. The zero-order valence-corrected chi connectivity index (χ0v) is 14.3. The highest BCUT2D eigenvalue weighted by atomic mass is 16.5. The van der Waals surface area contributed by atoms with Gasteiger partial charge in [-0.25, -0.2) is 0 Å². The summed E-state index contributed by atoms with van der Waals surface area (Å²) >= 11 is 0. The SMILES string of the molecule is O=C(O)CCCCCCCCCCCC(=O)OC1=CC=CC=CN1. The summed E-state index contributed by atoms with van der Waals surface area (Å²) in [7, 11) is 0. The molecule has 0 aromatic heterocycles. The Kier molecular flexibility index (Phi) is 11.2. The molecule has 1 rings (SSSR count). The molecule has 0 bridgehead atoms. The van der Waals surface area contributed by atoms with Crippen molar-refractivity contribution in [2.45, 2.75) is 70.6 Å². The van der Waals surface area contributed by atoms with Crippen molar-refractivity contribution in [3.8, 4) is 0 Å². The molecule has 0 amide bonds. The number of esters is 1. The van der Waals surface area contributed by atoms with E-state index < -0.39 is 5.97 Å². The van der Waals surface area contributed by atoms with Gasteiger partial charge in [0.25, 0.3) is 0 Å². The van der Waals surface area contributed by atoms with E-state index in [2.05, 4.69) is 5.32 Å². The highest BCUT2D eigenvalue weighted by Gasteiger charge is 2.06. The van der Waals surface area contributed by atoms with Crippen molar-refractivity contribution < 1.29 is 19.4 Å². The van der Waals surface area contributed by atoms with Gasteiger partial charge < -0.3 is 15.2 Å². The summed E-state index contributed by atoms with van der Waals surface area (Å²) < 4.78 is 5.24. The number of hydrogen-bond donors (Lipinski definition) is 2. The van der Waals surface area contributed by atoms with Crippen molar-refractivity contribution in [1.29, 1.82) is 0 Å². The Morgan fingerprint density at radius 2 is 1.42 bits per heavy atom. The fourth-order valence-corrected chi connectivity index (χ4v) is 2.46. The van der Waals surface area contributed by atoms with E-state index >= 15 is 0 Å². The largest absolute Gasteiger partial charge is 0.481 e. The van der Waals surface area contributed by atoms with Gasteiger partial charge in [0.05, 0.1) is 0 Å². The van der Waals surface area contributed by atoms with E-state index in [0.717, 1.165) is 38.5 Å². The van der Waals surface area contributed by atoms with E-state index in [9.17, 15) is 9.59 Å². The van der Waals surface area contributed by atoms with Crippen molar-refractivity contribution in [1.82, 2.24) is 5.32 Å². The van der Waals surface area contributed by atoms with Crippen LogP contribution in [0.4, 0.5) is 0 Å². The molecule has 2 N–H and O–H groups in total. The molecule has 5 nitrogen and oxygen atoms in total. The first-order valence-electron chi connectivity index (χ1n) is 8.91. The molecular weight excluding hydrogens is 306 g/mol. The van der Waals surface area contributed by atoms with Crippen molar-refractivity contribution in [2.75, 3.05) is 0 Å². The molecule has 1 aliphatic heterocycles. The van der Waals surface area contributed by atoms with E-state index in [1.807, 2.05) is 18.2 Å². The first-order chi connectivity index (χ1) is 11.7. The van der Waals surface area contributed by atoms with Crippen LogP contribution in [0.15, 0.2) is 36.4 Å². The Balaban J connectivity index is 1.88. The molecule has 1 aliphatic rings. The standard InChI is InChI=1S/C19H29NO4/c21-18(22)14-10-6-4-2-1-3-5-7-11-15-19(23)24-17-13-9-8-12-16-20-17/h8-9,12-13,16,20H,1-7,10-11,14-15H2,(H,21,22). The Morgan fingerprint density at radius 3 is 2.04 bits per heavy atom. The van der Waals surface area contributed by atoms with Crippen molar-refractivity contribution in [3.05, 3.63) is 36.4 Å². The third-order valence-electron chi connectivity index (χ3n) is 3.79. The van der Waals surface area contributed by atoms with Crippen LogP contribution in [0.5, 0.6) is 0 Å². The molecule has 0 aromatic rings. The third kappa shape index (κ3) is 11.5. The first-order valence-corrected chi connectivity index (χ1v) is 8.91. The molecule has 0 atom stereocenters. The number of carbonyl (C=O) groups excluding carboxylic acids is 1. The number of allylic oxidation sites excluding steroid dienone is 4. The number of ether oxygens (including phenoxy) is 1. The number of nitrogens with one attached hydrogen (secondary N) is 1. The summed E-state index contributed by atoms with van der Waals surface area (Å²) in [6.45, 7) is 0. The number of carbonyl (C=O) groups is 2. The quantitative estimate of drug-likeness (QED) is 0.385. The average molecular weight is 335 g/mol. The van der Waals surface area contributed by atoms with Crippen LogP contribution in [0, 0.1) is 0 Å². The van der Waals surface area contributed by atoms with Gasteiger partial charge in [0.1, 0.15) is 0 Å². The maximum atomic E-state index is 11.7. The van der Waals surface area contributed by atoms with Gasteiger partial charge in [0.2, 0.25) is 5.88 Å². The number of hydrogen-bond acceptors (Lipinski definition) is 4. The lowest BCUT2D eigenvalue weighted by molar-refractivity contribution is -0.140. The zero-order chi connectivity index (χ0) is 17.5. The molecule has 0 fully saturated rings. The molecule has 0 saturated carbocycles. The van der Waals surface area contributed by atoms with E-state index in [0.29, 0.717) is 12.3 Å². The van der Waals surface area contributed by atoms with Gasteiger partial charge in [-0.15, -0.1) is 0 Å². The van der Waals surface area contributed by atoms with E-state index in [4.69, 9.17) is 9.84 Å². The minimum absolute atomic E-state index is 0.198. The highest BCUT2D eigenvalue weighted by molar-refractivity contribution is 5.70. The Morgan fingerprint density at radius 1 is 0.833 bits per heavy atom. The fourth-order valence-electron chi connectivity index (χ4n) is 2.46. The van der Waals surface area contributed by atoms with Crippen LogP contribution in [0.3, 0.4) is 0 Å². The summed E-state index contributed by atoms with van der Waals surface area (Å²) in [4.78, 5) is 22.1. The van der Waals surface area contributed by atoms with Gasteiger partial charge in [0.15, 0.2) is 0 Å². The normalized spacial score (nSPS) is 13.1. The number of unbranched alkanes of at least 4 members (excludes halogenated alkanes) is 8. The number of carboxylic acids is 1. The molecule has 1 heterocycles. The minimum Gasteiger partial charge on any atom is -0.481 e. The van der Waals surface area contributed by atoms with E-state index in [1.165, 1.54) is 19.3 Å². The summed E-state index contributed by atoms with van der Waals surface area (Å²) in [5.41, 5.74) is 0. The molecule has 0 unspecified atom stereocenters. The predicted molar refractivity (Wildman–Crippen MR) is 94.0 cm³/mol. The zero-order valence-electron chi connectivity index (χ0n) is 14.3. The lowest BCUT2D eigenvalue weighted by atomic mass is 10.1. The molecule has 134 valence electrons. The topological polar surface area (TPSA) is 75.6 Å². The van der Waals surface area contributed by atoms with Gasteiger partial charge in [-0.05, 0) is 25.0 Å². The number of aliphatic carboxylic acids is 1. The third-order valence-corrected chi connectivity index (χ3v) is 3.79. The Hall–Kier alpha value is -2.04. The van der Waals surface area contributed by atoms with Gasteiger partial charge in [-0.3, -0.25) is 9.59 Å². The lowest BCUT2D eigenvalue weighted by Crippen LogP contribution is -2.13. The summed E-state index contributed by atoms with van der Waals surface area (Å²) in [6, 6.07) is 0. The second-order valence-electron chi connectivity index (χ2n) is 5.97. The van der Waals surface area contributed by atoms with Gasteiger partial charge >= 0.3 is 11.9 Å². The number of carboxylic acid groups (broad SMARTS) is 1. The molecule has 0 aliphatic carbocycles. The van der Waals surface area contributed by atoms with Gasteiger partial charge in [-0.2, -0.15) is 0 Å².